The maximum absolute atomic E-state index is 14.8. The molecule has 3 fully saturated rings. The van der Waals surface area contributed by atoms with Crippen molar-refractivity contribution >= 4 is 23.6 Å². The van der Waals surface area contributed by atoms with E-state index >= 15 is 0 Å². The van der Waals surface area contributed by atoms with Gasteiger partial charge in [0.05, 0.1) is 12.0 Å². The van der Waals surface area contributed by atoms with Gasteiger partial charge in [-0.05, 0) is 38.3 Å². The molecule has 1 atom stereocenters. The van der Waals surface area contributed by atoms with Gasteiger partial charge < -0.3 is 14.7 Å². The van der Waals surface area contributed by atoms with E-state index in [-0.39, 0.29) is 24.4 Å². The summed E-state index contributed by atoms with van der Waals surface area (Å²) in [4.78, 5) is 38.4. The second-order valence-electron chi connectivity index (χ2n) is 8.65. The van der Waals surface area contributed by atoms with E-state index in [0.29, 0.717) is 44.8 Å². The lowest BCUT2D eigenvalue weighted by Crippen LogP contribution is -2.67. The molecular weight excluding hydrogens is 412 g/mol. The summed E-state index contributed by atoms with van der Waals surface area (Å²) in [7, 11) is 0. The second-order valence-corrected chi connectivity index (χ2v) is 8.65. The molecular formula is C21H25F2N3O5. The van der Waals surface area contributed by atoms with E-state index in [1.807, 2.05) is 6.92 Å². The van der Waals surface area contributed by atoms with Crippen LogP contribution in [0.5, 0.6) is 0 Å². The van der Waals surface area contributed by atoms with Crippen LogP contribution >= 0.6 is 0 Å². The second kappa shape index (κ2) is 8.07. The number of nitrogens with zero attached hydrogens (tertiary/aromatic N) is 2. The number of rotatable bonds is 4. The Labute approximate surface area is 178 Å². The largest absolute Gasteiger partial charge is 0.465 e. The Hall–Kier alpha value is -2.75. The lowest BCUT2D eigenvalue weighted by Gasteiger charge is -2.53. The van der Waals surface area contributed by atoms with Crippen molar-refractivity contribution in [3.63, 3.8) is 0 Å². The van der Waals surface area contributed by atoms with Crippen LogP contribution in [-0.2, 0) is 14.3 Å². The molecule has 3 heterocycles. The number of benzene rings is 1. The standard InChI is InChI=1S/C21H25F2N3O5/c1-21(4-6-31-7-5-21)26(20(29)30)13-10-25(11-13)12-8-15(22)18(16(23)9-12)14-2-3-17(27)24-19(14)28/h8-9,13-14H,2-7,10-11H2,1H3,(H,29,30)(H,24,27,28). The summed E-state index contributed by atoms with van der Waals surface area (Å²) in [5.74, 6) is -3.90. The van der Waals surface area contributed by atoms with E-state index in [1.54, 1.807) is 4.90 Å². The molecule has 1 unspecified atom stereocenters. The van der Waals surface area contributed by atoms with Gasteiger partial charge in [0.25, 0.3) is 0 Å². The first kappa shape index (κ1) is 21.5. The third-order valence-corrected chi connectivity index (χ3v) is 6.60. The Kier molecular flexibility index (Phi) is 5.59. The lowest BCUT2D eigenvalue weighted by atomic mass is 9.87. The molecule has 3 saturated heterocycles. The zero-order valence-corrected chi connectivity index (χ0v) is 17.2. The predicted molar refractivity (Wildman–Crippen MR) is 106 cm³/mol. The Morgan fingerprint density at radius 2 is 1.84 bits per heavy atom. The molecule has 3 aliphatic rings. The van der Waals surface area contributed by atoms with Crippen molar-refractivity contribution in [1.82, 2.24) is 10.2 Å². The zero-order valence-electron chi connectivity index (χ0n) is 17.2. The topological polar surface area (TPSA) is 99.2 Å². The van der Waals surface area contributed by atoms with Crippen LogP contribution in [0, 0.1) is 11.6 Å². The van der Waals surface area contributed by atoms with Gasteiger partial charge in [-0.3, -0.25) is 19.8 Å². The number of anilines is 1. The smallest absolute Gasteiger partial charge is 0.408 e. The van der Waals surface area contributed by atoms with Gasteiger partial charge in [-0.2, -0.15) is 0 Å². The zero-order chi connectivity index (χ0) is 22.3. The summed E-state index contributed by atoms with van der Waals surface area (Å²) in [5.41, 5.74) is -0.579. The first-order chi connectivity index (χ1) is 14.7. The normalized spacial score (nSPS) is 23.8. The molecule has 168 valence electrons. The van der Waals surface area contributed by atoms with E-state index in [4.69, 9.17) is 4.74 Å². The fourth-order valence-electron chi connectivity index (χ4n) is 4.76. The Balaban J connectivity index is 1.49. The molecule has 0 spiro atoms. The predicted octanol–water partition coefficient (Wildman–Crippen LogP) is 2.22. The number of carboxylic acid groups (broad SMARTS) is 1. The van der Waals surface area contributed by atoms with Crippen LogP contribution in [0.3, 0.4) is 0 Å². The van der Waals surface area contributed by atoms with Crippen molar-refractivity contribution < 1.29 is 33.0 Å². The summed E-state index contributed by atoms with van der Waals surface area (Å²) >= 11 is 0. The molecule has 0 saturated carbocycles. The summed E-state index contributed by atoms with van der Waals surface area (Å²) in [6.07, 6.45) is 0.262. The summed E-state index contributed by atoms with van der Waals surface area (Å²) < 4.78 is 34.9. The number of ether oxygens (including phenoxy) is 1. The summed E-state index contributed by atoms with van der Waals surface area (Å²) in [6.45, 7) is 3.53. The van der Waals surface area contributed by atoms with Gasteiger partial charge in [-0.1, -0.05) is 0 Å². The molecule has 31 heavy (non-hydrogen) atoms. The third kappa shape index (κ3) is 3.96. The van der Waals surface area contributed by atoms with Crippen molar-refractivity contribution in [2.45, 2.75) is 50.1 Å². The highest BCUT2D eigenvalue weighted by atomic mass is 19.1. The van der Waals surface area contributed by atoms with E-state index in [2.05, 4.69) is 5.32 Å². The van der Waals surface area contributed by atoms with Crippen molar-refractivity contribution in [1.29, 1.82) is 0 Å². The molecule has 1 aromatic rings. The van der Waals surface area contributed by atoms with E-state index < -0.39 is 41.0 Å². The summed E-state index contributed by atoms with van der Waals surface area (Å²) in [5, 5.41) is 11.9. The van der Waals surface area contributed by atoms with Crippen LogP contribution in [0.2, 0.25) is 0 Å². The first-order valence-corrected chi connectivity index (χ1v) is 10.4. The Bertz CT molecular complexity index is 889. The molecule has 2 N–H and O–H groups in total. The molecule has 3 aliphatic heterocycles. The minimum atomic E-state index is -1.05. The number of carbonyl (C=O) groups is 3. The molecule has 0 aliphatic carbocycles. The number of hydrogen-bond acceptors (Lipinski definition) is 5. The fourth-order valence-corrected chi connectivity index (χ4v) is 4.76. The maximum Gasteiger partial charge on any atom is 0.408 e. The molecule has 8 nitrogen and oxygen atoms in total. The molecule has 10 heteroatoms. The lowest BCUT2D eigenvalue weighted by molar-refractivity contribution is -0.134. The van der Waals surface area contributed by atoms with Crippen LogP contribution < -0.4 is 10.2 Å². The van der Waals surface area contributed by atoms with Gasteiger partial charge in [0.1, 0.15) is 11.6 Å². The Morgan fingerprint density at radius 3 is 2.39 bits per heavy atom. The van der Waals surface area contributed by atoms with E-state index in [1.165, 1.54) is 17.0 Å². The number of piperidine rings is 1. The molecule has 0 radical (unpaired) electrons. The average molecular weight is 437 g/mol. The summed E-state index contributed by atoms with van der Waals surface area (Å²) in [6, 6.07) is 2.04. The highest BCUT2D eigenvalue weighted by Crippen LogP contribution is 2.36. The van der Waals surface area contributed by atoms with Crippen LogP contribution in [0.15, 0.2) is 12.1 Å². The van der Waals surface area contributed by atoms with Gasteiger partial charge in [-0.25, -0.2) is 13.6 Å². The van der Waals surface area contributed by atoms with Gasteiger partial charge >= 0.3 is 6.09 Å². The minimum absolute atomic E-state index is 0.0275. The molecule has 4 rings (SSSR count). The van der Waals surface area contributed by atoms with Gasteiger partial charge in [0.2, 0.25) is 11.8 Å². The number of halogens is 2. The average Bonchev–Trinajstić information content (AvgIpc) is 2.65. The maximum atomic E-state index is 14.8. The molecule has 0 bridgehead atoms. The van der Waals surface area contributed by atoms with Crippen LogP contribution in [0.4, 0.5) is 19.3 Å². The molecule has 1 aromatic carbocycles. The fraction of sp³-hybridized carbons (Fsp3) is 0.571. The number of carbonyl (C=O) groups excluding carboxylic acids is 2. The third-order valence-electron chi connectivity index (χ3n) is 6.60. The number of nitrogens with one attached hydrogen (secondary N) is 1. The van der Waals surface area contributed by atoms with Crippen molar-refractivity contribution in [2.75, 3.05) is 31.2 Å². The van der Waals surface area contributed by atoms with Crippen LogP contribution in [0.25, 0.3) is 0 Å². The number of amides is 3. The van der Waals surface area contributed by atoms with Crippen molar-refractivity contribution in [3.8, 4) is 0 Å². The highest BCUT2D eigenvalue weighted by Gasteiger charge is 2.45. The van der Waals surface area contributed by atoms with Crippen LogP contribution in [0.1, 0.15) is 44.1 Å². The number of hydrogen-bond donors (Lipinski definition) is 2. The minimum Gasteiger partial charge on any atom is -0.465 e. The van der Waals surface area contributed by atoms with Gasteiger partial charge in [0.15, 0.2) is 0 Å². The van der Waals surface area contributed by atoms with Crippen LogP contribution in [-0.4, -0.2) is 65.8 Å². The highest BCUT2D eigenvalue weighted by molar-refractivity contribution is 6.01. The van der Waals surface area contributed by atoms with E-state index in [0.717, 1.165) is 0 Å². The monoisotopic (exact) mass is 437 g/mol. The Morgan fingerprint density at radius 1 is 1.23 bits per heavy atom. The molecule has 3 amide bonds. The SMILES string of the molecule is CC1(N(C(=O)O)C2CN(c3cc(F)c(C4CCC(=O)NC4=O)c(F)c3)C2)CCOCC1. The van der Waals surface area contributed by atoms with Gasteiger partial charge in [0, 0.05) is 49.5 Å². The van der Waals surface area contributed by atoms with Crippen molar-refractivity contribution in [2.24, 2.45) is 0 Å². The first-order valence-electron chi connectivity index (χ1n) is 10.4. The van der Waals surface area contributed by atoms with Crippen molar-refractivity contribution in [3.05, 3.63) is 29.3 Å². The molecule has 0 aromatic heterocycles. The quantitative estimate of drug-likeness (QED) is 0.701. The van der Waals surface area contributed by atoms with Gasteiger partial charge in [-0.15, -0.1) is 0 Å². The number of imide groups is 1. The van der Waals surface area contributed by atoms with E-state index in [9.17, 15) is 28.3 Å².